The summed E-state index contributed by atoms with van der Waals surface area (Å²) in [6.07, 6.45) is 5.87. The van der Waals surface area contributed by atoms with Gasteiger partial charge in [-0.05, 0) is 37.8 Å². The number of nitrogens with one attached hydrogen (secondary N) is 2. The molecule has 4 N–H and O–H groups in total. The van der Waals surface area contributed by atoms with Gasteiger partial charge in [0.05, 0.1) is 47.5 Å². The van der Waals surface area contributed by atoms with E-state index in [0.717, 1.165) is 25.1 Å². The monoisotopic (exact) mass is 525 g/mol. The number of hydrogen-bond acceptors (Lipinski definition) is 8. The maximum absolute atomic E-state index is 14.2. The zero-order valence-corrected chi connectivity index (χ0v) is 20.8. The largest absolute Gasteiger partial charge is 0.481 e. The molecule has 1 saturated carbocycles. The second kappa shape index (κ2) is 10.5. The zero-order chi connectivity index (χ0) is 26.7. The summed E-state index contributed by atoms with van der Waals surface area (Å²) in [5.74, 6) is -1.51. The van der Waals surface area contributed by atoms with Crippen LogP contribution >= 0.6 is 11.6 Å². The Morgan fingerprint density at radius 1 is 1.41 bits per heavy atom. The topological polar surface area (TPSA) is 158 Å². The Balaban J connectivity index is 1.39. The lowest BCUT2D eigenvalue weighted by Gasteiger charge is -2.39. The van der Waals surface area contributed by atoms with Gasteiger partial charge < -0.3 is 26.1 Å². The second-order valence-corrected chi connectivity index (χ2v) is 9.48. The van der Waals surface area contributed by atoms with Gasteiger partial charge in [-0.3, -0.25) is 14.6 Å². The number of nitrogens with two attached hydrogens (primary N) is 1. The molecule has 0 radical (unpaired) electrons. The Kier molecular flexibility index (Phi) is 7.40. The molecule has 2 aliphatic rings. The van der Waals surface area contributed by atoms with E-state index in [1.165, 1.54) is 25.4 Å². The van der Waals surface area contributed by atoms with Crippen LogP contribution in [-0.2, 0) is 16.1 Å². The highest BCUT2D eigenvalue weighted by molar-refractivity contribution is 6.31. The fourth-order valence-corrected chi connectivity index (χ4v) is 4.75. The number of hydrogen-bond donors (Lipinski definition) is 3. The Hall–Kier alpha value is -4.04. The van der Waals surface area contributed by atoms with Crippen LogP contribution in [0.5, 0.6) is 5.88 Å². The number of carbonyl (C=O) groups excluding carboxylic acids is 2. The summed E-state index contributed by atoms with van der Waals surface area (Å²) in [6.45, 7) is 0.454. The van der Waals surface area contributed by atoms with Gasteiger partial charge in [0.1, 0.15) is 6.07 Å². The van der Waals surface area contributed by atoms with Crippen molar-refractivity contribution in [2.45, 2.75) is 37.8 Å². The second-order valence-electron chi connectivity index (χ2n) is 9.07. The molecule has 2 aromatic heterocycles. The van der Waals surface area contributed by atoms with Crippen molar-refractivity contribution in [3.63, 3.8) is 0 Å². The highest BCUT2D eigenvalue weighted by Crippen LogP contribution is 2.50. The normalized spacial score (nSPS) is 18.2. The first-order chi connectivity index (χ1) is 17.7. The van der Waals surface area contributed by atoms with Gasteiger partial charge in [0, 0.05) is 35.8 Å². The van der Waals surface area contributed by atoms with E-state index < -0.39 is 17.3 Å². The molecule has 0 bridgehead atoms. The van der Waals surface area contributed by atoms with E-state index in [4.69, 9.17) is 32.7 Å². The summed E-state index contributed by atoms with van der Waals surface area (Å²) in [6, 6.07) is 4.72. The quantitative estimate of drug-likeness (QED) is 0.370. The van der Waals surface area contributed by atoms with Crippen LogP contribution in [0.15, 0.2) is 36.3 Å². The molecule has 1 saturated heterocycles. The molecule has 2 fully saturated rings. The van der Waals surface area contributed by atoms with Crippen LogP contribution in [0.1, 0.15) is 42.5 Å². The smallest absolute Gasteiger partial charge is 0.270 e. The number of carbonyl (C=O) groups is 2. The van der Waals surface area contributed by atoms with Crippen molar-refractivity contribution < 1.29 is 18.7 Å². The Morgan fingerprint density at radius 2 is 2.16 bits per heavy atom. The number of pyridine rings is 2. The fourth-order valence-electron chi connectivity index (χ4n) is 4.51. The van der Waals surface area contributed by atoms with Gasteiger partial charge in [-0.1, -0.05) is 11.6 Å². The third-order valence-corrected chi connectivity index (χ3v) is 7.02. The number of ether oxygens (including phenoxy) is 1. The van der Waals surface area contributed by atoms with Gasteiger partial charge in [0.25, 0.3) is 5.91 Å². The molecular weight excluding hydrogens is 501 g/mol. The van der Waals surface area contributed by atoms with Crippen LogP contribution in [0.3, 0.4) is 0 Å². The standard InChI is InChI=1S/C25H25ClFN7O3/c1-37-22-7-16(18(27)12-32-22)19(29)8-20(30)24(36)34-5-2-15(9-25(34)3-4-25)23(35)33-13-21-17(26)6-14(10-28)11-31-21/h6-8,11-12,15,29H,2-5,9,13,30H2,1H3,(H,33,35)/t15-/m0/s1. The van der Waals surface area contributed by atoms with Crippen LogP contribution in [0.2, 0.25) is 5.02 Å². The highest BCUT2D eigenvalue weighted by Gasteiger charge is 2.54. The van der Waals surface area contributed by atoms with Gasteiger partial charge >= 0.3 is 0 Å². The zero-order valence-electron chi connectivity index (χ0n) is 20.1. The van der Waals surface area contributed by atoms with E-state index >= 15 is 0 Å². The molecule has 192 valence electrons. The summed E-state index contributed by atoms with van der Waals surface area (Å²) >= 11 is 6.14. The molecule has 1 atom stereocenters. The summed E-state index contributed by atoms with van der Waals surface area (Å²) in [4.78, 5) is 35.6. The van der Waals surface area contributed by atoms with E-state index in [1.54, 1.807) is 4.90 Å². The lowest BCUT2D eigenvalue weighted by molar-refractivity contribution is -0.137. The lowest BCUT2D eigenvalue weighted by Crippen LogP contribution is -2.51. The number of methoxy groups -OCH3 is 1. The SMILES string of the molecule is COc1cc(C(=N)C=C(N)C(=O)N2CC[C@H](C(=O)NCc3ncc(C#N)cc3Cl)CC23CC3)c(F)cn1. The first kappa shape index (κ1) is 26.0. The van der Waals surface area contributed by atoms with Crippen molar-refractivity contribution in [1.29, 1.82) is 10.7 Å². The predicted molar refractivity (Wildman–Crippen MR) is 132 cm³/mol. The molecule has 12 heteroatoms. The van der Waals surface area contributed by atoms with Gasteiger partial charge in [-0.2, -0.15) is 5.26 Å². The first-order valence-electron chi connectivity index (χ1n) is 11.6. The number of amides is 2. The van der Waals surface area contributed by atoms with Crippen LogP contribution < -0.4 is 15.8 Å². The van der Waals surface area contributed by atoms with Crippen molar-refractivity contribution >= 4 is 29.1 Å². The highest BCUT2D eigenvalue weighted by atomic mass is 35.5. The van der Waals surface area contributed by atoms with Crippen LogP contribution in [0, 0.1) is 28.5 Å². The number of rotatable bonds is 7. The molecule has 4 rings (SSSR count). The molecule has 0 unspecified atom stereocenters. The molecule has 3 heterocycles. The Bertz CT molecular complexity index is 1340. The van der Waals surface area contributed by atoms with E-state index in [-0.39, 0.29) is 41.2 Å². The summed E-state index contributed by atoms with van der Waals surface area (Å²) in [5.41, 5.74) is 5.82. The average Bonchev–Trinajstić information content (AvgIpc) is 3.66. The van der Waals surface area contributed by atoms with Crippen molar-refractivity contribution in [3.8, 4) is 11.9 Å². The van der Waals surface area contributed by atoms with Crippen LogP contribution in [0.25, 0.3) is 0 Å². The van der Waals surface area contributed by atoms with Crippen LogP contribution in [-0.4, -0.2) is 51.6 Å². The first-order valence-corrected chi connectivity index (χ1v) is 11.9. The molecule has 0 aromatic carbocycles. The molecule has 37 heavy (non-hydrogen) atoms. The van der Waals surface area contributed by atoms with E-state index in [2.05, 4.69) is 15.3 Å². The number of nitriles is 1. The number of allylic oxidation sites excluding steroid dienone is 1. The van der Waals surface area contributed by atoms with Crippen molar-refractivity contribution in [2.75, 3.05) is 13.7 Å². The average molecular weight is 526 g/mol. The molecule has 2 aromatic rings. The van der Waals surface area contributed by atoms with Crippen LogP contribution in [0.4, 0.5) is 4.39 Å². The number of piperidine rings is 1. The summed E-state index contributed by atoms with van der Waals surface area (Å²) in [5, 5.41) is 20.3. The molecule has 1 aliphatic carbocycles. The van der Waals surface area contributed by atoms with Gasteiger partial charge in [-0.25, -0.2) is 9.37 Å². The number of halogens is 2. The minimum Gasteiger partial charge on any atom is -0.481 e. The Morgan fingerprint density at radius 3 is 2.81 bits per heavy atom. The molecule has 1 spiro atoms. The van der Waals surface area contributed by atoms with Crippen molar-refractivity contribution in [2.24, 2.45) is 11.7 Å². The maximum atomic E-state index is 14.2. The third-order valence-electron chi connectivity index (χ3n) is 6.70. The van der Waals surface area contributed by atoms with Gasteiger partial charge in [0.2, 0.25) is 11.8 Å². The lowest BCUT2D eigenvalue weighted by atomic mass is 9.88. The molecule has 10 nitrogen and oxygen atoms in total. The fraction of sp³-hybridized carbons (Fsp3) is 0.360. The van der Waals surface area contributed by atoms with Crippen molar-refractivity contribution in [3.05, 3.63) is 64.0 Å². The van der Waals surface area contributed by atoms with E-state index in [0.29, 0.717) is 35.7 Å². The van der Waals surface area contributed by atoms with Gasteiger partial charge in [0.15, 0.2) is 5.82 Å². The molecule has 2 amide bonds. The minimum atomic E-state index is -0.731. The number of nitrogens with zero attached hydrogens (tertiary/aromatic N) is 4. The molecule has 1 aliphatic heterocycles. The minimum absolute atomic E-state index is 0.0871. The van der Waals surface area contributed by atoms with E-state index in [1.807, 2.05) is 6.07 Å². The van der Waals surface area contributed by atoms with Gasteiger partial charge in [-0.15, -0.1) is 0 Å². The predicted octanol–water partition coefficient (Wildman–Crippen LogP) is 2.45. The third kappa shape index (κ3) is 5.54. The Labute approximate surface area is 217 Å². The summed E-state index contributed by atoms with van der Waals surface area (Å²) < 4.78 is 19.1. The van der Waals surface area contributed by atoms with E-state index in [9.17, 15) is 14.0 Å². The number of likely N-dealkylation sites (tertiary alicyclic amines) is 1. The maximum Gasteiger partial charge on any atom is 0.270 e. The summed E-state index contributed by atoms with van der Waals surface area (Å²) in [7, 11) is 1.37. The number of aromatic nitrogens is 2. The van der Waals surface area contributed by atoms with Crippen molar-refractivity contribution in [1.82, 2.24) is 20.2 Å². The molecular formula is C25H25ClFN7O3.